The van der Waals surface area contributed by atoms with Gasteiger partial charge in [0.25, 0.3) is 0 Å². The number of carbonyl (C=O) groups is 1. The second-order valence-electron chi connectivity index (χ2n) is 7.60. The van der Waals surface area contributed by atoms with E-state index in [1.165, 1.54) is 11.1 Å². The lowest BCUT2D eigenvalue weighted by molar-refractivity contribution is -0.139. The fraction of sp³-hybridized carbons (Fsp3) is 0.591. The predicted molar refractivity (Wildman–Crippen MR) is 102 cm³/mol. The molecule has 1 aromatic rings. The number of hydrogen-bond acceptors (Lipinski definition) is 2. The summed E-state index contributed by atoms with van der Waals surface area (Å²) < 4.78 is 5.55. The zero-order valence-corrected chi connectivity index (χ0v) is 16.5. The van der Waals surface area contributed by atoms with Crippen molar-refractivity contribution in [3.63, 3.8) is 0 Å². The summed E-state index contributed by atoms with van der Waals surface area (Å²) in [5.74, 6) is 1.14. The Hall–Kier alpha value is -1.57. The SMILES string of the molecule is CC.CC(C)C1=CCC(C(=O)Oc2ccc(C(C)(C)C)cc2)CC1. The molecule has 1 unspecified atom stereocenters. The van der Waals surface area contributed by atoms with Crippen LogP contribution in [0.4, 0.5) is 0 Å². The summed E-state index contributed by atoms with van der Waals surface area (Å²) in [6.07, 6.45) is 4.96. The number of ether oxygens (including phenoxy) is 1. The van der Waals surface area contributed by atoms with E-state index in [1.54, 1.807) is 0 Å². The summed E-state index contributed by atoms with van der Waals surface area (Å²) in [5.41, 5.74) is 2.83. The molecule has 0 saturated carbocycles. The van der Waals surface area contributed by atoms with Gasteiger partial charge in [-0.15, -0.1) is 0 Å². The van der Waals surface area contributed by atoms with Crippen molar-refractivity contribution in [2.24, 2.45) is 11.8 Å². The highest BCUT2D eigenvalue weighted by Crippen LogP contribution is 2.30. The molecular weight excluding hydrogens is 296 g/mol. The number of carbonyl (C=O) groups excluding carboxylic acids is 1. The second kappa shape index (κ2) is 9.05. The van der Waals surface area contributed by atoms with Gasteiger partial charge in [0.2, 0.25) is 0 Å². The van der Waals surface area contributed by atoms with Crippen molar-refractivity contribution in [1.29, 1.82) is 0 Å². The molecule has 0 aromatic heterocycles. The van der Waals surface area contributed by atoms with Crippen molar-refractivity contribution in [2.75, 3.05) is 0 Å². The highest BCUT2D eigenvalue weighted by atomic mass is 16.5. The van der Waals surface area contributed by atoms with Crippen molar-refractivity contribution in [3.05, 3.63) is 41.5 Å². The molecule has 134 valence electrons. The topological polar surface area (TPSA) is 26.3 Å². The first-order valence-electron chi connectivity index (χ1n) is 9.28. The van der Waals surface area contributed by atoms with Gasteiger partial charge in [-0.05, 0) is 48.3 Å². The van der Waals surface area contributed by atoms with Gasteiger partial charge in [-0.2, -0.15) is 0 Å². The van der Waals surface area contributed by atoms with Gasteiger partial charge >= 0.3 is 5.97 Å². The largest absolute Gasteiger partial charge is 0.426 e. The number of rotatable bonds is 3. The maximum absolute atomic E-state index is 12.3. The van der Waals surface area contributed by atoms with E-state index in [0.29, 0.717) is 11.7 Å². The minimum Gasteiger partial charge on any atom is -0.426 e. The highest BCUT2D eigenvalue weighted by Gasteiger charge is 2.24. The van der Waals surface area contributed by atoms with Crippen LogP contribution in [0.3, 0.4) is 0 Å². The molecule has 24 heavy (non-hydrogen) atoms. The van der Waals surface area contributed by atoms with Crippen molar-refractivity contribution in [1.82, 2.24) is 0 Å². The monoisotopic (exact) mass is 330 g/mol. The molecule has 0 saturated heterocycles. The zero-order valence-electron chi connectivity index (χ0n) is 16.5. The smallest absolute Gasteiger partial charge is 0.314 e. The van der Waals surface area contributed by atoms with Crippen LogP contribution in [0, 0.1) is 11.8 Å². The summed E-state index contributed by atoms with van der Waals surface area (Å²) in [6.45, 7) is 14.9. The van der Waals surface area contributed by atoms with Crippen molar-refractivity contribution in [3.8, 4) is 5.75 Å². The van der Waals surface area contributed by atoms with Gasteiger partial charge in [-0.3, -0.25) is 4.79 Å². The third-order valence-corrected chi connectivity index (χ3v) is 4.46. The highest BCUT2D eigenvalue weighted by molar-refractivity contribution is 5.75. The van der Waals surface area contributed by atoms with Gasteiger partial charge in [-0.25, -0.2) is 0 Å². The molecule has 0 bridgehead atoms. The number of benzene rings is 1. The van der Waals surface area contributed by atoms with Crippen LogP contribution in [0.15, 0.2) is 35.9 Å². The van der Waals surface area contributed by atoms with Gasteiger partial charge in [0, 0.05) is 0 Å². The molecule has 2 rings (SSSR count). The summed E-state index contributed by atoms with van der Waals surface area (Å²) >= 11 is 0. The van der Waals surface area contributed by atoms with Gasteiger partial charge in [0.1, 0.15) is 5.75 Å². The van der Waals surface area contributed by atoms with E-state index < -0.39 is 0 Å². The van der Waals surface area contributed by atoms with E-state index in [4.69, 9.17) is 4.74 Å². The van der Waals surface area contributed by atoms with Crippen LogP contribution in [0.25, 0.3) is 0 Å². The second-order valence-corrected chi connectivity index (χ2v) is 7.60. The van der Waals surface area contributed by atoms with Crippen LogP contribution in [0.1, 0.15) is 73.3 Å². The molecule has 0 heterocycles. The van der Waals surface area contributed by atoms with Crippen LogP contribution < -0.4 is 4.74 Å². The van der Waals surface area contributed by atoms with Crippen molar-refractivity contribution >= 4 is 5.97 Å². The maximum Gasteiger partial charge on any atom is 0.314 e. The molecule has 1 atom stereocenters. The lowest BCUT2D eigenvalue weighted by Crippen LogP contribution is -2.23. The first kappa shape index (κ1) is 20.5. The Balaban J connectivity index is 0.00000139. The van der Waals surface area contributed by atoms with E-state index in [0.717, 1.165) is 19.3 Å². The van der Waals surface area contributed by atoms with E-state index in [1.807, 2.05) is 38.1 Å². The number of esters is 1. The molecule has 1 aliphatic rings. The van der Waals surface area contributed by atoms with E-state index in [-0.39, 0.29) is 17.3 Å². The van der Waals surface area contributed by atoms with Crippen LogP contribution in [-0.4, -0.2) is 5.97 Å². The van der Waals surface area contributed by atoms with E-state index in [2.05, 4.69) is 40.7 Å². The van der Waals surface area contributed by atoms with Gasteiger partial charge in [0.15, 0.2) is 0 Å². The summed E-state index contributed by atoms with van der Waals surface area (Å²) in [4.78, 5) is 12.3. The lowest BCUT2D eigenvalue weighted by atomic mass is 9.85. The van der Waals surface area contributed by atoms with E-state index >= 15 is 0 Å². The summed E-state index contributed by atoms with van der Waals surface area (Å²) in [5, 5.41) is 0. The van der Waals surface area contributed by atoms with Crippen LogP contribution in [0.2, 0.25) is 0 Å². The molecule has 2 heteroatoms. The molecule has 0 fully saturated rings. The average molecular weight is 331 g/mol. The van der Waals surface area contributed by atoms with Gasteiger partial charge in [0.05, 0.1) is 5.92 Å². The van der Waals surface area contributed by atoms with Crippen LogP contribution in [0.5, 0.6) is 5.75 Å². The number of allylic oxidation sites excluding steroid dienone is 2. The molecule has 0 aliphatic heterocycles. The van der Waals surface area contributed by atoms with Gasteiger partial charge < -0.3 is 4.74 Å². The normalized spacial score (nSPS) is 17.7. The summed E-state index contributed by atoms with van der Waals surface area (Å²) in [6, 6.07) is 7.88. The van der Waals surface area contributed by atoms with Crippen molar-refractivity contribution < 1.29 is 9.53 Å². The molecule has 1 aromatic carbocycles. The molecule has 0 N–H and O–H groups in total. The summed E-state index contributed by atoms with van der Waals surface area (Å²) in [7, 11) is 0. The quantitative estimate of drug-likeness (QED) is 0.369. The zero-order chi connectivity index (χ0) is 18.3. The third-order valence-electron chi connectivity index (χ3n) is 4.46. The molecular formula is C22H34O2. The Labute approximate surface area is 148 Å². The maximum atomic E-state index is 12.3. The van der Waals surface area contributed by atoms with Crippen LogP contribution >= 0.6 is 0 Å². The predicted octanol–water partition coefficient (Wildman–Crippen LogP) is 6.30. The molecule has 1 aliphatic carbocycles. The Morgan fingerprint density at radius 2 is 1.71 bits per heavy atom. The Kier molecular flexibility index (Phi) is 7.72. The molecule has 0 spiro atoms. The fourth-order valence-electron chi connectivity index (χ4n) is 2.82. The first-order valence-corrected chi connectivity index (χ1v) is 9.28. The Morgan fingerprint density at radius 1 is 1.12 bits per heavy atom. The molecule has 0 amide bonds. The minimum absolute atomic E-state index is 0.00444. The van der Waals surface area contributed by atoms with Crippen molar-refractivity contribution in [2.45, 2.75) is 73.1 Å². The molecule has 0 radical (unpaired) electrons. The minimum atomic E-state index is -0.0948. The third kappa shape index (κ3) is 5.81. The first-order chi connectivity index (χ1) is 11.3. The average Bonchev–Trinajstić information content (AvgIpc) is 2.56. The van der Waals surface area contributed by atoms with Crippen LogP contribution in [-0.2, 0) is 10.2 Å². The lowest BCUT2D eigenvalue weighted by Gasteiger charge is -2.23. The van der Waals surface area contributed by atoms with Gasteiger partial charge in [-0.1, -0.05) is 72.2 Å². The fourth-order valence-corrected chi connectivity index (χ4v) is 2.82. The number of hydrogen-bond donors (Lipinski definition) is 0. The van der Waals surface area contributed by atoms with E-state index in [9.17, 15) is 4.79 Å². The standard InChI is InChI=1S/C20H28O2.C2H6/c1-14(2)15-6-8-16(9-7-15)19(21)22-18-12-10-17(11-13-18)20(3,4)5;1-2/h6,10-14,16H,7-9H2,1-5H3;1-2H3. The Bertz CT molecular complexity index is 544. The molecule has 2 nitrogen and oxygen atoms in total. The Morgan fingerprint density at radius 3 is 2.12 bits per heavy atom.